The Labute approximate surface area is 284 Å². The normalized spacial score (nSPS) is 20.1. The third kappa shape index (κ3) is 11.0. The Bertz CT molecular complexity index is 1350. The van der Waals surface area contributed by atoms with Crippen LogP contribution in [0.2, 0.25) is 0 Å². The number of aryl methyl sites for hydroxylation is 2. The maximum atomic E-state index is 13.5. The number of carbonyl (C=O) groups is 2. The Balaban J connectivity index is 0.00000112. The molecule has 0 bridgehead atoms. The van der Waals surface area contributed by atoms with E-state index in [2.05, 4.69) is 4.57 Å². The molecular weight excluding hydrogens is 681 g/mol. The molecule has 286 valence electrons. The third-order valence-corrected chi connectivity index (χ3v) is 8.49. The van der Waals surface area contributed by atoms with Gasteiger partial charge in [-0.15, -0.1) is 0 Å². The van der Waals surface area contributed by atoms with Crippen molar-refractivity contribution in [3.63, 3.8) is 0 Å². The maximum Gasteiger partial charge on any atom is 0.430 e. The number of carbonyl (C=O) groups excluding carboxylic acids is 2. The van der Waals surface area contributed by atoms with Gasteiger partial charge in [-0.25, -0.2) is 9.13 Å². The zero-order valence-corrected chi connectivity index (χ0v) is 27.5. The lowest BCUT2D eigenvalue weighted by Gasteiger charge is -2.36. The van der Waals surface area contributed by atoms with Gasteiger partial charge in [-0.05, 0) is 32.4 Å². The summed E-state index contributed by atoms with van der Waals surface area (Å²) in [7, 11) is 0. The van der Waals surface area contributed by atoms with Gasteiger partial charge >= 0.3 is 6.18 Å². The minimum absolute atomic E-state index is 0.149. The van der Waals surface area contributed by atoms with Crippen LogP contribution >= 0.6 is 0 Å². The van der Waals surface area contributed by atoms with E-state index in [0.29, 0.717) is 18.5 Å². The summed E-state index contributed by atoms with van der Waals surface area (Å²) in [6, 6.07) is 4.98. The zero-order valence-electron chi connectivity index (χ0n) is 27.5. The first-order chi connectivity index (χ1) is 23.3. The molecule has 1 aromatic heterocycles. The van der Waals surface area contributed by atoms with Gasteiger partial charge in [-0.1, -0.05) is 0 Å². The summed E-state index contributed by atoms with van der Waals surface area (Å²) < 4.78 is 35.7. The summed E-state index contributed by atoms with van der Waals surface area (Å²) in [5.41, 5.74) is 2.38. The molecule has 3 rings (SSSR count). The minimum Gasteiger partial charge on any atom is -0.542 e. The fourth-order valence-corrected chi connectivity index (χ4v) is 5.53. The molecule has 1 saturated heterocycles. The molecule has 1 fully saturated rings. The smallest absolute Gasteiger partial charge is 0.430 e. The van der Waals surface area contributed by atoms with Crippen molar-refractivity contribution in [2.24, 2.45) is 0 Å². The predicted octanol–water partition coefficient (Wildman–Crippen LogP) is -5.34. The molecule has 0 spiro atoms. The van der Waals surface area contributed by atoms with E-state index in [1.54, 1.807) is 11.0 Å². The molecule has 0 unspecified atom stereocenters. The second-order valence-electron chi connectivity index (χ2n) is 11.9. The summed E-state index contributed by atoms with van der Waals surface area (Å²) >= 11 is 0. The summed E-state index contributed by atoms with van der Waals surface area (Å²) in [4.78, 5) is 25.4. The summed E-state index contributed by atoms with van der Waals surface area (Å²) in [5, 5.41) is 109. The monoisotopic (exact) mass is 728 g/mol. The number of aliphatic hydroxyl groups excluding tert-OH is 10. The summed E-state index contributed by atoms with van der Waals surface area (Å²) in [6.07, 6.45) is -17.2. The first-order valence-corrected chi connectivity index (χ1v) is 15.8. The number of benzene rings is 1. The highest BCUT2D eigenvalue weighted by atomic mass is 19.4. The van der Waals surface area contributed by atoms with Crippen LogP contribution in [0.25, 0.3) is 11.0 Å². The number of likely N-dealkylation sites (tertiary alicyclic amines) is 1. The van der Waals surface area contributed by atoms with Crippen molar-refractivity contribution in [1.82, 2.24) is 14.4 Å². The molecule has 10 N–H and O–H groups in total. The van der Waals surface area contributed by atoms with Crippen molar-refractivity contribution < 1.29 is 83.5 Å². The number of hydrogen-bond donors (Lipinski definition) is 10. The average Bonchev–Trinajstić information content (AvgIpc) is 3.73. The van der Waals surface area contributed by atoms with E-state index in [4.69, 9.17) is 20.1 Å². The number of amides is 1. The van der Waals surface area contributed by atoms with Gasteiger partial charge in [0.25, 0.3) is 5.91 Å². The molecule has 1 aliphatic heterocycles. The quantitative estimate of drug-likeness (QED) is 0.0724. The SMILES string of the molecule is CCn1c[n+](CC)c2ccc(C(=O)N3CC[C@@H](N(C[C@H](O)[C@@H](O)[C@H](O)[C@H](O)CO)C[C@H](O)[C@@H](O)[C@H](O)[C@H](O)CO)C3)cc21.O=C([O-])C(F)(F)F. The van der Waals surface area contributed by atoms with Crippen molar-refractivity contribution in [3.05, 3.63) is 30.1 Å². The highest BCUT2D eigenvalue weighted by molar-refractivity contribution is 5.97. The Morgan fingerprint density at radius 1 is 0.900 bits per heavy atom. The van der Waals surface area contributed by atoms with Gasteiger partial charge < -0.3 is 65.9 Å². The highest BCUT2D eigenvalue weighted by Gasteiger charge is 2.39. The molecule has 2 aromatic rings. The molecule has 0 aliphatic carbocycles. The van der Waals surface area contributed by atoms with Crippen LogP contribution in [0.5, 0.6) is 0 Å². The van der Waals surface area contributed by atoms with Crippen molar-refractivity contribution in [1.29, 1.82) is 0 Å². The molecule has 50 heavy (non-hydrogen) atoms. The summed E-state index contributed by atoms with van der Waals surface area (Å²) in [6.45, 7) is 3.49. The number of imidazole rings is 1. The van der Waals surface area contributed by atoms with Crippen molar-refractivity contribution in [2.75, 3.05) is 39.4 Å². The van der Waals surface area contributed by atoms with Crippen LogP contribution in [0.1, 0.15) is 30.6 Å². The largest absolute Gasteiger partial charge is 0.542 e. The van der Waals surface area contributed by atoms with E-state index in [9.17, 15) is 58.8 Å². The number of carboxylic acids is 1. The predicted molar refractivity (Wildman–Crippen MR) is 163 cm³/mol. The lowest BCUT2D eigenvalue weighted by Crippen LogP contribution is -2.55. The Morgan fingerprint density at radius 2 is 1.38 bits per heavy atom. The number of aliphatic hydroxyl groups is 10. The van der Waals surface area contributed by atoms with E-state index >= 15 is 0 Å². The number of rotatable bonds is 16. The Kier molecular flexibility index (Phi) is 16.4. The van der Waals surface area contributed by atoms with Gasteiger partial charge in [0.15, 0.2) is 11.0 Å². The van der Waals surface area contributed by atoms with Gasteiger partial charge in [-0.2, -0.15) is 13.2 Å². The summed E-state index contributed by atoms with van der Waals surface area (Å²) in [5.74, 6) is -3.24. The van der Waals surface area contributed by atoms with E-state index in [0.717, 1.165) is 24.1 Å². The first-order valence-electron chi connectivity index (χ1n) is 15.8. The third-order valence-electron chi connectivity index (χ3n) is 8.49. The highest BCUT2D eigenvalue weighted by Crippen LogP contribution is 2.23. The fraction of sp³-hybridized carbons (Fsp3) is 0.700. The molecule has 17 nitrogen and oxygen atoms in total. The second kappa shape index (κ2) is 19.0. The molecule has 1 amide bonds. The number of aliphatic carboxylic acids is 1. The van der Waals surface area contributed by atoms with Crippen LogP contribution in [-0.4, -0.2) is 178 Å². The molecule has 9 atom stereocenters. The zero-order chi connectivity index (χ0) is 38.1. The topological polar surface area (TPSA) is 275 Å². The van der Waals surface area contributed by atoms with E-state index < -0.39 is 93.3 Å². The first kappa shape index (κ1) is 43.1. The second-order valence-corrected chi connectivity index (χ2v) is 11.9. The van der Waals surface area contributed by atoms with Gasteiger partial charge in [0.05, 0.1) is 38.5 Å². The van der Waals surface area contributed by atoms with Crippen molar-refractivity contribution >= 4 is 22.9 Å². The van der Waals surface area contributed by atoms with Crippen molar-refractivity contribution in [3.8, 4) is 0 Å². The van der Waals surface area contributed by atoms with Crippen LogP contribution in [0.4, 0.5) is 13.2 Å². The van der Waals surface area contributed by atoms with Gasteiger partial charge in [-0.3, -0.25) is 9.69 Å². The Hall–Kier alpha value is -3.02. The Morgan fingerprint density at radius 3 is 1.80 bits per heavy atom. The standard InChI is InChI=1S/C28H47N4O11.C2HF3O2/c1-3-29-15-30(4-2)19-9-16(5-6-18(19)29)28(43)31-8-7-17(10-31)32(11-20(35)24(39)26(41)22(37)13-33)12-21(36)25(40)27(42)23(38)14-34;3-2(4,5)1(6)7/h5-6,9,15,17,20-27,33-42H,3-4,7-8,10-14H2,1-2H3;(H,6,7)/q+1;/p-1/t17-,20+,21+,22-,23-,24-,25-,26-,27-;/m1./s1. The number of carboxylic acid groups (broad SMARTS) is 1. The lowest BCUT2D eigenvalue weighted by atomic mass is 10.00. The van der Waals surface area contributed by atoms with Crippen LogP contribution < -0.4 is 9.67 Å². The number of halogens is 3. The molecule has 0 saturated carbocycles. The molecule has 2 heterocycles. The maximum absolute atomic E-state index is 13.5. The van der Waals surface area contributed by atoms with Gasteiger partial charge in [0.2, 0.25) is 6.33 Å². The number of nitrogens with zero attached hydrogens (tertiary/aromatic N) is 4. The number of fused-ring (bicyclic) bond motifs is 1. The van der Waals surface area contributed by atoms with E-state index in [1.807, 2.05) is 36.9 Å². The van der Waals surface area contributed by atoms with Gasteiger partial charge in [0, 0.05) is 43.9 Å². The molecule has 20 heteroatoms. The van der Waals surface area contributed by atoms with E-state index in [-0.39, 0.29) is 12.5 Å². The number of alkyl halides is 3. The van der Waals surface area contributed by atoms with Crippen LogP contribution in [0.15, 0.2) is 24.5 Å². The molecular formula is C30H47F3N4O13. The van der Waals surface area contributed by atoms with E-state index in [1.165, 1.54) is 4.90 Å². The molecule has 1 aromatic carbocycles. The molecule has 0 radical (unpaired) electrons. The van der Waals surface area contributed by atoms with Crippen LogP contribution in [-0.2, 0) is 17.9 Å². The van der Waals surface area contributed by atoms with Crippen LogP contribution in [0, 0.1) is 0 Å². The number of aromatic nitrogens is 2. The number of hydrogen-bond acceptors (Lipinski definition) is 14. The minimum atomic E-state index is -5.19. The van der Waals surface area contributed by atoms with Gasteiger partial charge in [0.1, 0.15) is 42.6 Å². The fourth-order valence-electron chi connectivity index (χ4n) is 5.53. The van der Waals surface area contributed by atoms with Crippen LogP contribution in [0.3, 0.4) is 0 Å². The molecule has 1 aliphatic rings. The van der Waals surface area contributed by atoms with Crippen molar-refractivity contribution in [2.45, 2.75) is 94.4 Å². The average molecular weight is 729 g/mol. The lowest BCUT2D eigenvalue weighted by molar-refractivity contribution is -0.668.